The summed E-state index contributed by atoms with van der Waals surface area (Å²) in [6.07, 6.45) is 0. The van der Waals surface area contributed by atoms with E-state index >= 15 is 0 Å². The summed E-state index contributed by atoms with van der Waals surface area (Å²) in [6, 6.07) is 19.5. The van der Waals surface area contributed by atoms with Crippen molar-refractivity contribution in [3.05, 3.63) is 71.3 Å². The van der Waals surface area contributed by atoms with Gasteiger partial charge in [-0.3, -0.25) is 9.20 Å². The number of rotatable bonds is 6. The van der Waals surface area contributed by atoms with E-state index in [1.54, 1.807) is 7.11 Å². The van der Waals surface area contributed by atoms with Crippen LogP contribution in [0.15, 0.2) is 59.6 Å². The zero-order valence-electron chi connectivity index (χ0n) is 18.4. The van der Waals surface area contributed by atoms with Crippen LogP contribution in [-0.4, -0.2) is 27.7 Å². The molecule has 1 N–H and O–H groups in total. The second kappa shape index (κ2) is 8.93. The van der Waals surface area contributed by atoms with Crippen LogP contribution in [0, 0.1) is 18.3 Å². The Balaban J connectivity index is 1.64. The number of carbonyl (C=O) groups is 1. The van der Waals surface area contributed by atoms with E-state index in [9.17, 15) is 10.1 Å². The highest BCUT2D eigenvalue weighted by atomic mass is 32.2. The number of thioether (sulfide) groups is 1. The highest BCUT2D eigenvalue weighted by Gasteiger charge is 2.22. The summed E-state index contributed by atoms with van der Waals surface area (Å²) in [7, 11) is 1.62. The minimum absolute atomic E-state index is 0.0759. The zero-order valence-corrected chi connectivity index (χ0v) is 19.2. The van der Waals surface area contributed by atoms with Crippen molar-refractivity contribution in [2.24, 2.45) is 0 Å². The van der Waals surface area contributed by atoms with Gasteiger partial charge in [0.05, 0.1) is 40.0 Å². The lowest BCUT2D eigenvalue weighted by Crippen LogP contribution is -2.33. The second-order valence-electron chi connectivity index (χ2n) is 7.64. The molecular weight excluding hydrogens is 420 g/mol. The molecule has 0 aliphatic heterocycles. The van der Waals surface area contributed by atoms with Crippen molar-refractivity contribution < 1.29 is 9.53 Å². The van der Waals surface area contributed by atoms with E-state index in [0.29, 0.717) is 11.2 Å². The van der Waals surface area contributed by atoms with Crippen LogP contribution in [0.5, 0.6) is 5.75 Å². The van der Waals surface area contributed by atoms with Gasteiger partial charge in [-0.25, -0.2) is 4.98 Å². The first kappa shape index (κ1) is 21.7. The third-order valence-electron chi connectivity index (χ3n) is 5.48. The molecule has 32 heavy (non-hydrogen) atoms. The van der Waals surface area contributed by atoms with Crippen LogP contribution in [-0.2, 0) is 4.79 Å². The highest BCUT2D eigenvalue weighted by molar-refractivity contribution is 8.00. The molecule has 0 spiro atoms. The lowest BCUT2D eigenvalue weighted by atomic mass is 10.1. The van der Waals surface area contributed by atoms with Crippen LogP contribution in [0.25, 0.3) is 16.7 Å². The number of hydrogen-bond donors (Lipinski definition) is 1. The number of aryl methyl sites for hydroxylation is 1. The van der Waals surface area contributed by atoms with E-state index in [1.165, 1.54) is 11.8 Å². The molecule has 4 rings (SSSR count). The number of ether oxygens (including phenoxy) is 1. The lowest BCUT2D eigenvalue weighted by molar-refractivity contribution is -0.120. The van der Waals surface area contributed by atoms with Crippen molar-refractivity contribution in [3.63, 3.8) is 0 Å². The largest absolute Gasteiger partial charge is 0.496 e. The molecule has 4 aromatic rings. The number of para-hydroxylation sites is 3. The molecule has 0 saturated carbocycles. The van der Waals surface area contributed by atoms with Gasteiger partial charge in [0.1, 0.15) is 11.8 Å². The Kier molecular flexibility index (Phi) is 6.06. The van der Waals surface area contributed by atoms with Crippen LogP contribution in [0.3, 0.4) is 0 Å². The predicted octanol–water partition coefficient (Wildman–Crippen LogP) is 5.03. The molecule has 0 bridgehead atoms. The number of benzene rings is 2. The molecule has 0 radical (unpaired) electrons. The second-order valence-corrected chi connectivity index (χ2v) is 9.01. The molecule has 0 saturated heterocycles. The number of nitrogens with zero attached hydrogens (tertiary/aromatic N) is 3. The van der Waals surface area contributed by atoms with Crippen LogP contribution in [0.2, 0.25) is 0 Å². The van der Waals surface area contributed by atoms with Gasteiger partial charge in [0.15, 0.2) is 5.65 Å². The maximum absolute atomic E-state index is 13.0. The first-order valence-corrected chi connectivity index (χ1v) is 11.2. The smallest absolute Gasteiger partial charge is 0.233 e. The molecule has 0 aliphatic rings. The van der Waals surface area contributed by atoms with Gasteiger partial charge < -0.3 is 10.1 Å². The van der Waals surface area contributed by atoms with Crippen LogP contribution in [0.4, 0.5) is 0 Å². The van der Waals surface area contributed by atoms with Gasteiger partial charge in [-0.2, -0.15) is 5.26 Å². The molecule has 2 heterocycles. The van der Waals surface area contributed by atoms with E-state index in [0.717, 1.165) is 32.9 Å². The molecule has 6 nitrogen and oxygen atoms in total. The van der Waals surface area contributed by atoms with E-state index in [2.05, 4.69) is 16.4 Å². The predicted molar refractivity (Wildman–Crippen MR) is 127 cm³/mol. The molecule has 2 aromatic heterocycles. The Hall–Kier alpha value is -3.50. The van der Waals surface area contributed by atoms with Crippen molar-refractivity contribution in [3.8, 4) is 11.8 Å². The Labute approximate surface area is 191 Å². The SMILES string of the molecule is COc1ccccc1[C@H](C)NC(=O)[C@H](C)Sc1cc(C)c(C#N)c2nc3ccccc3n12. The summed E-state index contributed by atoms with van der Waals surface area (Å²) < 4.78 is 7.40. The van der Waals surface area contributed by atoms with Gasteiger partial charge in [-0.15, -0.1) is 0 Å². The van der Waals surface area contributed by atoms with Gasteiger partial charge in [0, 0.05) is 5.56 Å². The fraction of sp³-hybridized carbons (Fsp3) is 0.240. The fourth-order valence-electron chi connectivity index (χ4n) is 3.81. The zero-order chi connectivity index (χ0) is 22.8. The highest BCUT2D eigenvalue weighted by Crippen LogP contribution is 2.32. The maximum atomic E-state index is 13.0. The number of hydrogen-bond acceptors (Lipinski definition) is 5. The first-order valence-electron chi connectivity index (χ1n) is 10.4. The Morgan fingerprint density at radius 3 is 2.66 bits per heavy atom. The minimum Gasteiger partial charge on any atom is -0.496 e. The minimum atomic E-state index is -0.358. The van der Waals surface area contributed by atoms with Gasteiger partial charge in [0.2, 0.25) is 5.91 Å². The third kappa shape index (κ3) is 3.90. The summed E-state index contributed by atoms with van der Waals surface area (Å²) in [5, 5.41) is 13.3. The first-order chi connectivity index (χ1) is 15.4. The molecule has 0 fully saturated rings. The van der Waals surface area contributed by atoms with Gasteiger partial charge >= 0.3 is 0 Å². The van der Waals surface area contributed by atoms with Gasteiger partial charge in [0.25, 0.3) is 0 Å². The number of aromatic nitrogens is 2. The van der Waals surface area contributed by atoms with Gasteiger partial charge in [-0.05, 0) is 50.6 Å². The topological polar surface area (TPSA) is 79.4 Å². The van der Waals surface area contributed by atoms with Gasteiger partial charge in [-0.1, -0.05) is 42.1 Å². The third-order valence-corrected chi connectivity index (χ3v) is 6.59. The molecule has 0 aliphatic carbocycles. The van der Waals surface area contributed by atoms with Crippen molar-refractivity contribution in [1.29, 1.82) is 5.26 Å². The molecule has 0 unspecified atom stereocenters. The number of fused-ring (bicyclic) bond motifs is 3. The number of carbonyl (C=O) groups excluding carboxylic acids is 1. The Morgan fingerprint density at radius 2 is 1.91 bits per heavy atom. The van der Waals surface area contributed by atoms with Crippen molar-refractivity contribution in [2.45, 2.75) is 37.1 Å². The van der Waals surface area contributed by atoms with E-state index in [4.69, 9.17) is 4.74 Å². The summed E-state index contributed by atoms with van der Waals surface area (Å²) >= 11 is 1.45. The monoisotopic (exact) mass is 444 g/mol. The number of methoxy groups -OCH3 is 1. The molecule has 2 aromatic carbocycles. The maximum Gasteiger partial charge on any atom is 0.233 e. The van der Waals surface area contributed by atoms with E-state index in [-0.39, 0.29) is 17.2 Å². The normalized spacial score (nSPS) is 13.0. The molecular formula is C25H24N4O2S. The summed E-state index contributed by atoms with van der Waals surface area (Å²) in [6.45, 7) is 5.73. The van der Waals surface area contributed by atoms with Crippen LogP contribution < -0.4 is 10.1 Å². The number of pyridine rings is 1. The standard InChI is InChI=1S/C25H24N4O2S/c1-15-13-23(29-21-11-7-6-10-20(21)28-24(29)19(15)14-26)32-17(3)25(30)27-16(2)18-9-5-8-12-22(18)31-4/h5-13,16-17H,1-4H3,(H,27,30)/t16-,17-/m0/s1. The average molecular weight is 445 g/mol. The molecule has 162 valence electrons. The van der Waals surface area contributed by atoms with Crippen molar-refractivity contribution in [2.75, 3.05) is 7.11 Å². The molecule has 1 amide bonds. The number of amides is 1. The average Bonchev–Trinajstić information content (AvgIpc) is 3.18. The Morgan fingerprint density at radius 1 is 1.19 bits per heavy atom. The van der Waals surface area contributed by atoms with E-state index in [1.807, 2.05) is 79.8 Å². The van der Waals surface area contributed by atoms with Crippen LogP contribution in [0.1, 0.15) is 36.6 Å². The quantitative estimate of drug-likeness (QED) is 0.422. The van der Waals surface area contributed by atoms with Crippen molar-refractivity contribution in [1.82, 2.24) is 14.7 Å². The number of nitriles is 1. The fourth-order valence-corrected chi connectivity index (χ4v) is 4.88. The van der Waals surface area contributed by atoms with Crippen molar-refractivity contribution >= 4 is 34.3 Å². The summed E-state index contributed by atoms with van der Waals surface area (Å²) in [5.74, 6) is 0.669. The summed E-state index contributed by atoms with van der Waals surface area (Å²) in [4.78, 5) is 17.7. The van der Waals surface area contributed by atoms with Crippen LogP contribution >= 0.6 is 11.8 Å². The number of nitrogens with one attached hydrogen (secondary N) is 1. The lowest BCUT2D eigenvalue weighted by Gasteiger charge is -2.20. The van der Waals surface area contributed by atoms with E-state index < -0.39 is 0 Å². The summed E-state index contributed by atoms with van der Waals surface area (Å²) in [5.41, 5.74) is 4.67. The Bertz CT molecular complexity index is 1360. The molecule has 7 heteroatoms. The molecule has 2 atom stereocenters. The number of imidazole rings is 1.